The first-order chi connectivity index (χ1) is 9.41. The van der Waals surface area contributed by atoms with Gasteiger partial charge in [0.2, 0.25) is 0 Å². The number of hydrogen-bond donors (Lipinski definition) is 2. The highest BCUT2D eigenvalue weighted by atomic mass is 16.3. The highest BCUT2D eigenvalue weighted by Crippen LogP contribution is 2.35. The first-order valence-electron chi connectivity index (χ1n) is 6.67. The van der Waals surface area contributed by atoms with Crippen LogP contribution in [-0.4, -0.2) is 10.2 Å². The molecule has 2 aromatic rings. The molecule has 2 heteroatoms. The van der Waals surface area contributed by atoms with E-state index in [-0.39, 0.29) is 16.9 Å². The Kier molecular flexibility index (Phi) is 3.84. The largest absolute Gasteiger partial charge is 0.508 e. The molecule has 0 unspecified atom stereocenters. The molecule has 0 aliphatic carbocycles. The van der Waals surface area contributed by atoms with Crippen LogP contribution in [0.15, 0.2) is 60.2 Å². The second kappa shape index (κ2) is 5.41. The first kappa shape index (κ1) is 14.2. The average molecular weight is 268 g/mol. The molecule has 20 heavy (non-hydrogen) atoms. The highest BCUT2D eigenvalue weighted by Gasteiger charge is 2.26. The van der Waals surface area contributed by atoms with Gasteiger partial charge in [-0.15, -0.1) is 0 Å². The molecule has 0 heterocycles. The lowest BCUT2D eigenvalue weighted by Crippen LogP contribution is -2.21. The molecule has 2 rings (SSSR count). The number of phenols is 2. The maximum Gasteiger partial charge on any atom is 0.115 e. The normalized spacial score (nSPS) is 11.2. The van der Waals surface area contributed by atoms with Gasteiger partial charge in [0.15, 0.2) is 0 Å². The third-order valence-electron chi connectivity index (χ3n) is 3.51. The van der Waals surface area contributed by atoms with Gasteiger partial charge in [-0.2, -0.15) is 0 Å². The summed E-state index contributed by atoms with van der Waals surface area (Å²) in [6, 6.07) is 14.5. The minimum Gasteiger partial charge on any atom is -0.508 e. The molecule has 0 aliphatic rings. The Bertz CT molecular complexity index is 557. The van der Waals surface area contributed by atoms with Crippen LogP contribution in [0.5, 0.6) is 11.5 Å². The molecule has 2 nitrogen and oxygen atoms in total. The summed E-state index contributed by atoms with van der Waals surface area (Å²) >= 11 is 0. The molecule has 0 bridgehead atoms. The van der Waals surface area contributed by atoms with E-state index >= 15 is 0 Å². The SMILES string of the molecule is CC(C)=CC(C)(c1ccc(O)cc1)c1ccc(O)cc1. The Labute approximate surface area is 120 Å². The van der Waals surface area contributed by atoms with Gasteiger partial charge >= 0.3 is 0 Å². The Morgan fingerprint density at radius 1 is 0.800 bits per heavy atom. The van der Waals surface area contributed by atoms with Crippen molar-refractivity contribution in [1.82, 2.24) is 0 Å². The number of allylic oxidation sites excluding steroid dienone is 2. The zero-order valence-corrected chi connectivity index (χ0v) is 12.1. The van der Waals surface area contributed by atoms with E-state index < -0.39 is 0 Å². The molecule has 0 aliphatic heterocycles. The fourth-order valence-electron chi connectivity index (χ4n) is 2.53. The minimum atomic E-state index is -0.291. The lowest BCUT2D eigenvalue weighted by atomic mass is 9.75. The third-order valence-corrected chi connectivity index (χ3v) is 3.51. The van der Waals surface area contributed by atoms with Crippen LogP contribution in [0.1, 0.15) is 31.9 Å². The number of phenolic OH excluding ortho intramolecular Hbond substituents is 2. The van der Waals surface area contributed by atoms with E-state index in [0.717, 1.165) is 11.1 Å². The summed E-state index contributed by atoms with van der Waals surface area (Å²) in [5.74, 6) is 0.526. The Morgan fingerprint density at radius 2 is 1.15 bits per heavy atom. The van der Waals surface area contributed by atoms with Gasteiger partial charge in [0, 0.05) is 5.41 Å². The van der Waals surface area contributed by atoms with Crippen molar-refractivity contribution in [3.8, 4) is 11.5 Å². The maximum absolute atomic E-state index is 9.46. The van der Waals surface area contributed by atoms with Crippen LogP contribution in [0.4, 0.5) is 0 Å². The first-order valence-corrected chi connectivity index (χ1v) is 6.67. The van der Waals surface area contributed by atoms with Crippen molar-refractivity contribution in [3.63, 3.8) is 0 Å². The summed E-state index contributed by atoms with van der Waals surface area (Å²) in [5, 5.41) is 18.9. The zero-order chi connectivity index (χ0) is 14.8. The van der Waals surface area contributed by atoms with Crippen LogP contribution in [0.3, 0.4) is 0 Å². The Morgan fingerprint density at radius 3 is 1.45 bits per heavy atom. The van der Waals surface area contributed by atoms with Crippen molar-refractivity contribution in [2.45, 2.75) is 26.2 Å². The van der Waals surface area contributed by atoms with Crippen molar-refractivity contribution in [1.29, 1.82) is 0 Å². The standard InChI is InChI=1S/C18H20O2/c1-13(2)12-18(3,14-4-8-16(19)9-5-14)15-6-10-17(20)11-7-15/h4-12,19-20H,1-3H3. The van der Waals surface area contributed by atoms with Crippen molar-refractivity contribution in [2.75, 3.05) is 0 Å². The summed E-state index contributed by atoms with van der Waals surface area (Å²) in [7, 11) is 0. The van der Waals surface area contributed by atoms with E-state index in [4.69, 9.17) is 0 Å². The minimum absolute atomic E-state index is 0.263. The molecule has 0 saturated carbocycles. The van der Waals surface area contributed by atoms with E-state index in [1.165, 1.54) is 5.57 Å². The molecule has 2 aromatic carbocycles. The summed E-state index contributed by atoms with van der Waals surface area (Å²) in [4.78, 5) is 0. The lowest BCUT2D eigenvalue weighted by Gasteiger charge is -2.28. The van der Waals surface area contributed by atoms with Gasteiger partial charge in [-0.1, -0.05) is 35.9 Å². The number of rotatable bonds is 3. The van der Waals surface area contributed by atoms with Crippen molar-refractivity contribution >= 4 is 0 Å². The Hall–Kier alpha value is -2.22. The van der Waals surface area contributed by atoms with E-state index in [9.17, 15) is 10.2 Å². The molecule has 0 amide bonds. The summed E-state index contributed by atoms with van der Waals surface area (Å²) < 4.78 is 0. The quantitative estimate of drug-likeness (QED) is 0.811. The lowest BCUT2D eigenvalue weighted by molar-refractivity contribution is 0.474. The van der Waals surface area contributed by atoms with Gasteiger partial charge in [-0.05, 0) is 56.2 Å². The predicted octanol–water partition coefficient (Wildman–Crippen LogP) is 4.37. The summed E-state index contributed by atoms with van der Waals surface area (Å²) in [6.45, 7) is 6.27. The van der Waals surface area contributed by atoms with E-state index in [2.05, 4.69) is 26.8 Å². The third kappa shape index (κ3) is 2.85. The smallest absolute Gasteiger partial charge is 0.115 e. The van der Waals surface area contributed by atoms with Gasteiger partial charge in [-0.25, -0.2) is 0 Å². The van der Waals surface area contributed by atoms with Gasteiger partial charge in [0.1, 0.15) is 11.5 Å². The van der Waals surface area contributed by atoms with Crippen molar-refractivity contribution in [2.24, 2.45) is 0 Å². The Balaban J connectivity index is 2.58. The fourth-order valence-corrected chi connectivity index (χ4v) is 2.53. The van der Waals surface area contributed by atoms with Gasteiger partial charge in [0.25, 0.3) is 0 Å². The number of aromatic hydroxyl groups is 2. The second-order valence-electron chi connectivity index (χ2n) is 5.52. The molecule has 0 radical (unpaired) electrons. The highest BCUT2D eigenvalue weighted by molar-refractivity contribution is 5.46. The molecule has 2 N–H and O–H groups in total. The van der Waals surface area contributed by atoms with Crippen LogP contribution in [-0.2, 0) is 5.41 Å². The number of hydrogen-bond acceptors (Lipinski definition) is 2. The van der Waals surface area contributed by atoms with Crippen molar-refractivity contribution in [3.05, 3.63) is 71.3 Å². The molecule has 0 saturated heterocycles. The zero-order valence-electron chi connectivity index (χ0n) is 12.1. The van der Waals surface area contributed by atoms with Gasteiger partial charge < -0.3 is 10.2 Å². The molecule has 0 fully saturated rings. The van der Waals surface area contributed by atoms with Crippen LogP contribution >= 0.6 is 0 Å². The van der Waals surface area contributed by atoms with Crippen LogP contribution in [0, 0.1) is 0 Å². The van der Waals surface area contributed by atoms with Crippen LogP contribution in [0.2, 0.25) is 0 Å². The van der Waals surface area contributed by atoms with E-state index in [0.29, 0.717) is 0 Å². The average Bonchev–Trinajstić information content (AvgIpc) is 2.39. The van der Waals surface area contributed by atoms with Crippen molar-refractivity contribution < 1.29 is 10.2 Å². The number of benzene rings is 2. The predicted molar refractivity (Wildman–Crippen MR) is 82.1 cm³/mol. The molecule has 104 valence electrons. The van der Waals surface area contributed by atoms with Crippen LogP contribution < -0.4 is 0 Å². The molecule has 0 atom stereocenters. The van der Waals surface area contributed by atoms with E-state index in [1.807, 2.05) is 24.3 Å². The second-order valence-corrected chi connectivity index (χ2v) is 5.52. The fraction of sp³-hybridized carbons (Fsp3) is 0.222. The topological polar surface area (TPSA) is 40.5 Å². The van der Waals surface area contributed by atoms with Gasteiger partial charge in [0.05, 0.1) is 0 Å². The molecular formula is C18H20O2. The maximum atomic E-state index is 9.46. The summed E-state index contributed by atoms with van der Waals surface area (Å²) in [5.41, 5.74) is 3.12. The molecule has 0 aromatic heterocycles. The summed E-state index contributed by atoms with van der Waals surface area (Å²) in [6.07, 6.45) is 2.20. The van der Waals surface area contributed by atoms with E-state index in [1.54, 1.807) is 24.3 Å². The van der Waals surface area contributed by atoms with Gasteiger partial charge in [-0.3, -0.25) is 0 Å². The molecular weight excluding hydrogens is 248 g/mol. The molecule has 0 spiro atoms. The van der Waals surface area contributed by atoms with Crippen LogP contribution in [0.25, 0.3) is 0 Å². The monoisotopic (exact) mass is 268 g/mol.